The molecule has 2 aromatic carbocycles. The Morgan fingerprint density at radius 2 is 1.74 bits per heavy atom. The van der Waals surface area contributed by atoms with E-state index in [1.54, 1.807) is 6.07 Å². The first-order valence-corrected chi connectivity index (χ1v) is 9.50. The third kappa shape index (κ3) is 5.46. The summed E-state index contributed by atoms with van der Waals surface area (Å²) in [4.78, 5) is 37.4. The van der Waals surface area contributed by atoms with Crippen molar-refractivity contribution in [3.8, 4) is 11.5 Å². The lowest BCUT2D eigenvalue weighted by Crippen LogP contribution is -2.33. The molecule has 4 N–H and O–H groups in total. The predicted octanol–water partition coefficient (Wildman–Crippen LogP) is 3.57. The topological polar surface area (TPSA) is 137 Å². The Labute approximate surface area is 188 Å². The van der Waals surface area contributed by atoms with Crippen molar-refractivity contribution in [1.29, 1.82) is 0 Å². The maximum atomic E-state index is 13.2. The van der Waals surface area contributed by atoms with Gasteiger partial charge < -0.3 is 19.5 Å². The van der Waals surface area contributed by atoms with Crippen LogP contribution >= 0.6 is 0 Å². The first-order valence-electron chi connectivity index (χ1n) is 9.50. The molecule has 10 nitrogen and oxygen atoms in total. The number of rotatable bonds is 9. The van der Waals surface area contributed by atoms with Crippen LogP contribution < -0.4 is 20.3 Å². The number of carbonyl (C=O) groups excluding carboxylic acids is 2. The molecule has 0 radical (unpaired) electrons. The molecule has 1 atom stereocenters. The number of alkyl halides is 4. The van der Waals surface area contributed by atoms with Crippen molar-refractivity contribution in [2.75, 3.05) is 5.32 Å². The second-order valence-electron chi connectivity index (χ2n) is 6.92. The highest BCUT2D eigenvalue weighted by Crippen LogP contribution is 2.40. The van der Waals surface area contributed by atoms with E-state index in [1.807, 2.05) is 0 Å². The Balaban J connectivity index is 2.03. The summed E-state index contributed by atoms with van der Waals surface area (Å²) in [5, 5.41) is 20.1. The number of ether oxygens (including phenoxy) is 2. The maximum absolute atomic E-state index is 13.2. The number of anilines is 1. The lowest BCUT2D eigenvalue weighted by atomic mass is 10.0. The Morgan fingerprint density at radius 1 is 1.06 bits per heavy atom. The molecule has 0 fully saturated rings. The van der Waals surface area contributed by atoms with Crippen molar-refractivity contribution in [3.63, 3.8) is 0 Å². The molecule has 2 aromatic rings. The van der Waals surface area contributed by atoms with Crippen molar-refractivity contribution in [1.82, 2.24) is 10.4 Å². The van der Waals surface area contributed by atoms with Crippen LogP contribution in [0.2, 0.25) is 0 Å². The van der Waals surface area contributed by atoms with Gasteiger partial charge >= 0.3 is 19.3 Å². The van der Waals surface area contributed by atoms with Gasteiger partial charge in [0.05, 0.1) is 23.7 Å². The molecule has 0 spiro atoms. The van der Waals surface area contributed by atoms with E-state index in [4.69, 9.17) is 10.3 Å². The first kappa shape index (κ1) is 24.6. The molecule has 1 aliphatic rings. The molecular formula is C20H17F4N3O7. The monoisotopic (exact) mass is 487 g/mol. The third-order valence-corrected chi connectivity index (χ3v) is 4.87. The number of nitrogens with one attached hydrogen (secondary N) is 2. The van der Waals surface area contributed by atoms with Crippen LogP contribution in [0, 0.1) is 0 Å². The summed E-state index contributed by atoms with van der Waals surface area (Å²) in [5.41, 5.74) is 1.84. The van der Waals surface area contributed by atoms with Crippen LogP contribution in [0.5, 0.6) is 11.5 Å². The van der Waals surface area contributed by atoms with Crippen LogP contribution in [0.25, 0.3) is 0 Å². The molecule has 0 saturated carbocycles. The van der Waals surface area contributed by atoms with Crippen LogP contribution in [0.15, 0.2) is 36.4 Å². The zero-order valence-electron chi connectivity index (χ0n) is 17.0. The normalized spacial score (nSPS) is 13.6. The Hall–Kier alpha value is -4.07. The van der Waals surface area contributed by atoms with Crippen LogP contribution in [0.4, 0.5) is 28.0 Å². The number of fused-ring (bicyclic) bond motifs is 1. The molecule has 1 heterocycles. The van der Waals surface area contributed by atoms with Gasteiger partial charge in [0.15, 0.2) is 11.5 Å². The molecule has 3 rings (SSSR count). The molecule has 0 bridgehead atoms. The zero-order valence-corrected chi connectivity index (χ0v) is 17.0. The van der Waals surface area contributed by atoms with Crippen LogP contribution in [0.1, 0.15) is 33.9 Å². The molecule has 0 aromatic heterocycles. The molecule has 3 amide bonds. The van der Waals surface area contributed by atoms with Crippen LogP contribution in [-0.4, -0.2) is 46.3 Å². The van der Waals surface area contributed by atoms with Crippen molar-refractivity contribution < 1.29 is 51.7 Å². The van der Waals surface area contributed by atoms with Gasteiger partial charge in [0.25, 0.3) is 5.91 Å². The first-order chi connectivity index (χ1) is 16.1. The second kappa shape index (κ2) is 10.2. The predicted molar refractivity (Wildman–Crippen MR) is 105 cm³/mol. The molecule has 0 aliphatic carbocycles. The maximum Gasteiger partial charge on any atom is 0.409 e. The van der Waals surface area contributed by atoms with Crippen molar-refractivity contribution in [2.45, 2.75) is 32.2 Å². The largest absolute Gasteiger partial charge is 0.465 e. The fraction of sp³-hybridized carbons (Fsp3) is 0.250. The highest BCUT2D eigenvalue weighted by Gasteiger charge is 2.37. The third-order valence-electron chi connectivity index (χ3n) is 4.87. The van der Waals surface area contributed by atoms with Gasteiger partial charge in [-0.1, -0.05) is 18.2 Å². The minimum Gasteiger partial charge on any atom is -0.465 e. The molecular weight excluding hydrogens is 470 g/mol. The average molecular weight is 487 g/mol. The Kier molecular flexibility index (Phi) is 7.40. The zero-order chi connectivity index (χ0) is 25.0. The molecule has 182 valence electrons. The number of benzene rings is 2. The lowest BCUT2D eigenvalue weighted by Gasteiger charge is -2.28. The molecule has 34 heavy (non-hydrogen) atoms. The van der Waals surface area contributed by atoms with Gasteiger partial charge in [-0.2, -0.15) is 17.6 Å². The fourth-order valence-corrected chi connectivity index (χ4v) is 3.60. The molecule has 1 aliphatic heterocycles. The average Bonchev–Trinajstić information content (AvgIpc) is 3.09. The highest BCUT2D eigenvalue weighted by atomic mass is 19.3. The Morgan fingerprint density at radius 3 is 2.35 bits per heavy atom. The van der Waals surface area contributed by atoms with Crippen molar-refractivity contribution in [3.05, 3.63) is 53.1 Å². The highest BCUT2D eigenvalue weighted by molar-refractivity contribution is 6.06. The number of nitrogens with zero attached hydrogens (tertiary/aromatic N) is 1. The second-order valence-corrected chi connectivity index (χ2v) is 6.92. The summed E-state index contributed by atoms with van der Waals surface area (Å²) in [7, 11) is 0. The number of carboxylic acid groups (broad SMARTS) is 1. The summed E-state index contributed by atoms with van der Waals surface area (Å²) in [6, 6.07) is 6.20. The standard InChI is InChI=1S/C20H17F4N3O7/c21-18(22)33-13-5-4-9(6-14(13)34-19(23)24)12(7-15(28)26-32)27-8-10-2-1-3-11(25-20(30)31)16(10)17(27)29/h1-6,12,18-19,25,32H,7-8H2,(H,26,28)(H,30,31). The lowest BCUT2D eigenvalue weighted by molar-refractivity contribution is -0.130. The summed E-state index contributed by atoms with van der Waals surface area (Å²) < 4.78 is 59.4. The SMILES string of the molecule is O=C(O)Nc1cccc2c1C(=O)N(C(CC(=O)NO)c1ccc(OC(F)F)c(OC(F)F)c1)C2. The van der Waals surface area contributed by atoms with E-state index >= 15 is 0 Å². The van der Waals surface area contributed by atoms with E-state index in [1.165, 1.54) is 17.6 Å². The van der Waals surface area contributed by atoms with Gasteiger partial charge in [-0.15, -0.1) is 0 Å². The number of hydroxylamine groups is 1. The van der Waals surface area contributed by atoms with E-state index in [0.29, 0.717) is 5.56 Å². The molecule has 14 heteroatoms. The summed E-state index contributed by atoms with van der Waals surface area (Å²) in [5.74, 6) is -3.10. The minimum absolute atomic E-state index is 0.00902. The van der Waals surface area contributed by atoms with Gasteiger partial charge in [0.2, 0.25) is 5.91 Å². The number of hydrogen-bond donors (Lipinski definition) is 4. The summed E-state index contributed by atoms with van der Waals surface area (Å²) >= 11 is 0. The van der Waals surface area contributed by atoms with Gasteiger partial charge in [-0.05, 0) is 29.3 Å². The number of hydrogen-bond acceptors (Lipinski definition) is 6. The van der Waals surface area contributed by atoms with E-state index < -0.39 is 55.1 Å². The number of halogens is 4. The van der Waals surface area contributed by atoms with E-state index in [9.17, 15) is 31.9 Å². The van der Waals surface area contributed by atoms with Gasteiger partial charge in [0.1, 0.15) is 0 Å². The van der Waals surface area contributed by atoms with Crippen molar-refractivity contribution in [2.24, 2.45) is 0 Å². The van der Waals surface area contributed by atoms with E-state index in [0.717, 1.165) is 23.1 Å². The van der Waals surface area contributed by atoms with E-state index in [2.05, 4.69) is 14.8 Å². The molecule has 0 saturated heterocycles. The van der Waals surface area contributed by atoms with E-state index in [-0.39, 0.29) is 23.4 Å². The minimum atomic E-state index is -3.39. The summed E-state index contributed by atoms with van der Waals surface area (Å²) in [6.45, 7) is -6.83. The van der Waals surface area contributed by atoms with Gasteiger partial charge in [0, 0.05) is 6.54 Å². The smallest absolute Gasteiger partial charge is 0.409 e. The fourth-order valence-electron chi connectivity index (χ4n) is 3.60. The summed E-state index contributed by atoms with van der Waals surface area (Å²) in [6.07, 6.45) is -1.97. The number of amides is 3. The quantitative estimate of drug-likeness (QED) is 0.241. The van der Waals surface area contributed by atoms with Crippen LogP contribution in [0.3, 0.4) is 0 Å². The van der Waals surface area contributed by atoms with Gasteiger partial charge in [-0.25, -0.2) is 10.3 Å². The Bertz CT molecular complexity index is 1100. The number of carbonyl (C=O) groups is 3. The van der Waals surface area contributed by atoms with Gasteiger partial charge in [-0.3, -0.25) is 20.1 Å². The molecule has 1 unspecified atom stereocenters. The van der Waals surface area contributed by atoms with Crippen molar-refractivity contribution >= 4 is 23.6 Å². The van der Waals surface area contributed by atoms with Crippen LogP contribution in [-0.2, 0) is 11.3 Å².